The first kappa shape index (κ1) is 53.8. The van der Waals surface area contributed by atoms with Crippen LogP contribution in [-0.4, -0.2) is 249 Å². The summed E-state index contributed by atoms with van der Waals surface area (Å²) in [7, 11) is 0. The SMILES string of the molecule is NC[C@H]1O[C@H](O[C@H]2[C@H](O)[C@@H](O[C@H]3O[C@H](CO)[C@@H](O)[C@H](N)[C@H]3O)[C@H](N)C[C@@H]2N)[C@H](N)C[C@@H]1O.NC[C@H]1O[C@H](O[C@H]2[C@H](O)[C@@H](O[C@H]3O[C@H](CO)[C@@H](O)[C@H](N)[C@H]3O)[C@H](N)C[C@@H]2N)[C@H](N)C[C@@H]1O. The minimum Gasteiger partial charge on any atom is -0.394 e. The fourth-order valence-electron chi connectivity index (χ4n) is 8.86. The van der Waals surface area contributed by atoms with Crippen molar-refractivity contribution in [1.29, 1.82) is 0 Å². The molecule has 0 radical (unpaired) electrons. The zero-order valence-electron chi connectivity index (χ0n) is 35.3. The maximum atomic E-state index is 11.0. The van der Waals surface area contributed by atoms with Crippen LogP contribution >= 0.6 is 0 Å². The monoisotopic (exact) mass is 935 g/mol. The van der Waals surface area contributed by atoms with Crippen LogP contribution in [0.25, 0.3) is 0 Å². The minimum atomic E-state index is -1.44. The Morgan fingerprint density at radius 3 is 0.922 bits per heavy atom. The molecule has 2 aliphatic carbocycles. The summed E-state index contributed by atoms with van der Waals surface area (Å²) in [5, 5.41) is 101. The Bertz CT molecular complexity index is 1310. The first-order valence-electron chi connectivity index (χ1n) is 21.5. The van der Waals surface area contributed by atoms with Crippen molar-refractivity contribution in [3.63, 3.8) is 0 Å². The van der Waals surface area contributed by atoms with Crippen LogP contribution in [-0.2, 0) is 37.9 Å². The van der Waals surface area contributed by atoms with Gasteiger partial charge >= 0.3 is 0 Å². The number of aliphatic hydroxyl groups is 10. The van der Waals surface area contributed by atoms with Gasteiger partial charge in [-0.2, -0.15) is 0 Å². The molecule has 0 aromatic carbocycles. The second-order valence-electron chi connectivity index (χ2n) is 17.6. The predicted octanol–water partition coefficient (Wildman–Crippen LogP) is -12.6. The summed E-state index contributed by atoms with van der Waals surface area (Å²) in [6, 6.07) is -6.53. The van der Waals surface area contributed by atoms with E-state index in [0.717, 1.165) is 0 Å². The summed E-state index contributed by atoms with van der Waals surface area (Å²) < 4.78 is 45.4. The third-order valence-corrected chi connectivity index (χ3v) is 12.8. The van der Waals surface area contributed by atoms with Crippen LogP contribution in [0.4, 0.5) is 0 Å². The molecule has 4 aliphatic heterocycles. The average molecular weight is 935 g/mol. The Labute approximate surface area is 369 Å². The zero-order chi connectivity index (χ0) is 47.5. The van der Waals surface area contributed by atoms with Crippen LogP contribution in [0.2, 0.25) is 0 Å². The Hall–Kier alpha value is -1.12. The molecule has 0 bridgehead atoms. The molecule has 30 N–H and O–H groups in total. The van der Waals surface area contributed by atoms with Crippen molar-refractivity contribution in [1.82, 2.24) is 0 Å². The standard InChI is InChI=1S/2C18H37N5O9/c2*19-3-9-8(25)2-7(22)17(29-9)31-15-5(20)1-6(21)16(14(15)28)32-18-13(27)11(23)12(26)10(4-24)30-18/h2*5-18,24-28H,1-4,19-23H2/t2*5-,6+,7+,8-,9+,10+,11-,12+,13+,14-,15+,16-,17+,18+/m00/s1. The Kier molecular flexibility index (Phi) is 19.7. The lowest BCUT2D eigenvalue weighted by Gasteiger charge is -2.47. The van der Waals surface area contributed by atoms with Gasteiger partial charge in [0.2, 0.25) is 0 Å². The largest absolute Gasteiger partial charge is 0.394 e. The lowest BCUT2D eigenvalue weighted by Crippen LogP contribution is -2.68. The van der Waals surface area contributed by atoms with Gasteiger partial charge in [-0.15, -0.1) is 0 Å². The maximum absolute atomic E-state index is 11.0. The summed E-state index contributed by atoms with van der Waals surface area (Å²) in [4.78, 5) is 0. The number of hydrogen-bond acceptors (Lipinski definition) is 28. The minimum absolute atomic E-state index is 0.0542. The first-order chi connectivity index (χ1) is 30.2. The van der Waals surface area contributed by atoms with E-state index in [1.54, 1.807) is 0 Å². The van der Waals surface area contributed by atoms with Crippen LogP contribution in [0.3, 0.4) is 0 Å². The number of nitrogens with two attached hydrogens (primary N) is 10. The van der Waals surface area contributed by atoms with Gasteiger partial charge in [-0.25, -0.2) is 0 Å². The van der Waals surface area contributed by atoms with Crippen LogP contribution in [0.5, 0.6) is 0 Å². The number of aliphatic hydroxyl groups excluding tert-OH is 10. The topological polar surface area (TPSA) is 536 Å². The molecule has 376 valence electrons. The van der Waals surface area contributed by atoms with E-state index in [-0.39, 0.29) is 38.8 Å². The number of hydrogen-bond donors (Lipinski definition) is 20. The lowest BCUT2D eigenvalue weighted by molar-refractivity contribution is -0.314. The highest BCUT2D eigenvalue weighted by atomic mass is 16.7. The van der Waals surface area contributed by atoms with Gasteiger partial charge < -0.3 is 146 Å². The van der Waals surface area contributed by atoms with E-state index >= 15 is 0 Å². The van der Waals surface area contributed by atoms with Crippen LogP contribution < -0.4 is 57.3 Å². The Morgan fingerprint density at radius 1 is 0.359 bits per heavy atom. The normalized spacial score (nSPS) is 52.7. The van der Waals surface area contributed by atoms with E-state index in [4.69, 9.17) is 95.2 Å². The molecule has 28 heteroatoms. The van der Waals surface area contributed by atoms with E-state index in [1.165, 1.54) is 0 Å². The smallest absolute Gasteiger partial charge is 0.186 e. The molecule has 28 atom stereocenters. The second kappa shape index (κ2) is 23.5. The zero-order valence-corrected chi connectivity index (χ0v) is 35.3. The molecule has 0 spiro atoms. The van der Waals surface area contributed by atoms with Gasteiger partial charge in [0.05, 0.1) is 61.8 Å². The Balaban J connectivity index is 0.000000241. The van der Waals surface area contributed by atoms with E-state index < -0.39 is 184 Å². The van der Waals surface area contributed by atoms with Crippen molar-refractivity contribution < 1.29 is 89.0 Å². The molecule has 6 rings (SSSR count). The maximum Gasteiger partial charge on any atom is 0.186 e. The Morgan fingerprint density at radius 2 is 0.641 bits per heavy atom. The molecule has 64 heavy (non-hydrogen) atoms. The number of ether oxygens (including phenoxy) is 8. The van der Waals surface area contributed by atoms with Gasteiger partial charge in [0, 0.05) is 37.3 Å². The van der Waals surface area contributed by atoms with Crippen molar-refractivity contribution in [2.75, 3.05) is 26.3 Å². The molecule has 0 aromatic rings. The molecular weight excluding hydrogens is 860 g/mol. The predicted molar refractivity (Wildman–Crippen MR) is 217 cm³/mol. The summed E-state index contributed by atoms with van der Waals surface area (Å²) in [6.07, 6.45) is -21.5. The van der Waals surface area contributed by atoms with Crippen molar-refractivity contribution in [2.24, 2.45) is 57.3 Å². The fraction of sp³-hybridized carbons (Fsp3) is 1.00. The van der Waals surface area contributed by atoms with Crippen LogP contribution in [0, 0.1) is 0 Å². The molecule has 4 heterocycles. The van der Waals surface area contributed by atoms with E-state index in [0.29, 0.717) is 0 Å². The van der Waals surface area contributed by atoms with Gasteiger partial charge in [-0.1, -0.05) is 0 Å². The van der Waals surface area contributed by atoms with Crippen molar-refractivity contribution >= 4 is 0 Å². The van der Waals surface area contributed by atoms with Gasteiger partial charge in [0.1, 0.15) is 73.2 Å². The highest BCUT2D eigenvalue weighted by Gasteiger charge is 2.52. The lowest BCUT2D eigenvalue weighted by atomic mass is 9.84. The molecule has 2 saturated carbocycles. The summed E-state index contributed by atoms with van der Waals surface area (Å²) in [5.74, 6) is 0. The molecule has 0 unspecified atom stereocenters. The van der Waals surface area contributed by atoms with Gasteiger partial charge in [-0.3, -0.25) is 0 Å². The van der Waals surface area contributed by atoms with E-state index in [2.05, 4.69) is 0 Å². The highest BCUT2D eigenvalue weighted by molar-refractivity contribution is 5.03. The third-order valence-electron chi connectivity index (χ3n) is 12.8. The van der Waals surface area contributed by atoms with Crippen LogP contribution in [0.15, 0.2) is 0 Å². The third kappa shape index (κ3) is 12.0. The van der Waals surface area contributed by atoms with E-state index in [1.807, 2.05) is 0 Å². The first-order valence-corrected chi connectivity index (χ1v) is 21.5. The quantitative estimate of drug-likeness (QED) is 0.0864. The second-order valence-corrected chi connectivity index (χ2v) is 17.6. The molecular formula is C36H74N10O18. The van der Waals surface area contributed by atoms with Crippen molar-refractivity contribution in [3.05, 3.63) is 0 Å². The molecule has 28 nitrogen and oxygen atoms in total. The van der Waals surface area contributed by atoms with Crippen molar-refractivity contribution in [3.8, 4) is 0 Å². The van der Waals surface area contributed by atoms with E-state index in [9.17, 15) is 51.1 Å². The summed E-state index contributed by atoms with van der Waals surface area (Å²) >= 11 is 0. The fourth-order valence-corrected chi connectivity index (χ4v) is 8.86. The molecule has 6 fully saturated rings. The highest BCUT2D eigenvalue weighted by Crippen LogP contribution is 2.33. The summed E-state index contributed by atoms with van der Waals surface area (Å²) in [6.45, 7) is -0.998. The molecule has 4 saturated heterocycles. The van der Waals surface area contributed by atoms with Crippen LogP contribution in [0.1, 0.15) is 25.7 Å². The van der Waals surface area contributed by atoms with Gasteiger partial charge in [-0.05, 0) is 25.7 Å². The molecule has 0 amide bonds. The molecule has 0 aromatic heterocycles. The molecule has 6 aliphatic rings. The van der Waals surface area contributed by atoms with Gasteiger partial charge in [0.15, 0.2) is 25.2 Å². The van der Waals surface area contributed by atoms with Gasteiger partial charge in [0.25, 0.3) is 0 Å². The number of rotatable bonds is 12. The van der Waals surface area contributed by atoms with Crippen molar-refractivity contribution in [2.45, 2.75) is 197 Å². The summed E-state index contributed by atoms with van der Waals surface area (Å²) in [5.41, 5.74) is 59.5. The average Bonchev–Trinajstić information content (AvgIpc) is 3.25.